The SMILES string of the molecule is CC(C)(C)[Si](OC[C@@H]1C[C@H](OCOCc2ccccc2)C(=O)N1)(c1ccccc1)c1ccccc1. The fourth-order valence-electron chi connectivity index (χ4n) is 4.82. The van der Waals surface area contributed by atoms with Gasteiger partial charge in [0.15, 0.2) is 0 Å². The average Bonchev–Trinajstić information content (AvgIpc) is 3.22. The van der Waals surface area contributed by atoms with Gasteiger partial charge in [-0.2, -0.15) is 0 Å². The highest BCUT2D eigenvalue weighted by Crippen LogP contribution is 2.37. The highest BCUT2D eigenvalue weighted by molar-refractivity contribution is 6.99. The topological polar surface area (TPSA) is 56.8 Å². The first-order chi connectivity index (χ1) is 16.9. The zero-order valence-corrected chi connectivity index (χ0v) is 21.8. The molecule has 184 valence electrons. The molecule has 0 spiro atoms. The summed E-state index contributed by atoms with van der Waals surface area (Å²) in [5.74, 6) is -0.107. The molecule has 0 bridgehead atoms. The van der Waals surface area contributed by atoms with Gasteiger partial charge in [-0.3, -0.25) is 4.79 Å². The van der Waals surface area contributed by atoms with Crippen molar-refractivity contribution in [2.24, 2.45) is 0 Å². The van der Waals surface area contributed by atoms with E-state index in [9.17, 15) is 4.79 Å². The molecule has 3 aromatic rings. The average molecular weight is 490 g/mol. The van der Waals surface area contributed by atoms with Crippen LogP contribution in [0.25, 0.3) is 0 Å². The van der Waals surface area contributed by atoms with Crippen molar-refractivity contribution in [2.45, 2.75) is 51.0 Å². The van der Waals surface area contributed by atoms with E-state index in [1.165, 1.54) is 10.4 Å². The molecule has 5 nitrogen and oxygen atoms in total. The number of amides is 1. The molecule has 1 N–H and O–H groups in total. The van der Waals surface area contributed by atoms with Crippen molar-refractivity contribution in [3.05, 3.63) is 96.6 Å². The molecule has 1 saturated heterocycles. The van der Waals surface area contributed by atoms with E-state index in [2.05, 4.69) is 74.6 Å². The van der Waals surface area contributed by atoms with Crippen LogP contribution in [0.5, 0.6) is 0 Å². The van der Waals surface area contributed by atoms with Crippen LogP contribution in [0.1, 0.15) is 32.8 Å². The number of carbonyl (C=O) groups is 1. The van der Waals surface area contributed by atoms with E-state index in [1.54, 1.807) is 0 Å². The van der Waals surface area contributed by atoms with E-state index >= 15 is 0 Å². The lowest BCUT2D eigenvalue weighted by Crippen LogP contribution is -2.67. The molecule has 35 heavy (non-hydrogen) atoms. The molecule has 4 rings (SSSR count). The Morgan fingerprint density at radius 1 is 0.857 bits per heavy atom. The Morgan fingerprint density at radius 3 is 1.94 bits per heavy atom. The molecule has 0 saturated carbocycles. The molecule has 3 aromatic carbocycles. The highest BCUT2D eigenvalue weighted by Gasteiger charge is 2.50. The third-order valence-corrected chi connectivity index (χ3v) is 11.5. The summed E-state index contributed by atoms with van der Waals surface area (Å²) in [4.78, 5) is 12.6. The maximum Gasteiger partial charge on any atom is 0.261 e. The van der Waals surface area contributed by atoms with Crippen LogP contribution in [0.15, 0.2) is 91.0 Å². The molecule has 1 heterocycles. The Hall–Kier alpha value is -2.77. The first-order valence-corrected chi connectivity index (χ1v) is 14.1. The molecular formula is C29H35NO4Si. The Morgan fingerprint density at radius 2 is 1.40 bits per heavy atom. The second-order valence-electron chi connectivity index (χ2n) is 10.0. The van der Waals surface area contributed by atoms with Crippen molar-refractivity contribution in [2.75, 3.05) is 13.4 Å². The molecular weight excluding hydrogens is 454 g/mol. The van der Waals surface area contributed by atoms with Crippen LogP contribution in [-0.2, 0) is 25.3 Å². The van der Waals surface area contributed by atoms with Gasteiger partial charge in [-0.05, 0) is 21.0 Å². The van der Waals surface area contributed by atoms with Crippen LogP contribution in [0, 0.1) is 0 Å². The number of carbonyl (C=O) groups excluding carboxylic acids is 1. The molecule has 1 aliphatic heterocycles. The van der Waals surface area contributed by atoms with Crippen molar-refractivity contribution < 1.29 is 18.7 Å². The highest BCUT2D eigenvalue weighted by atomic mass is 28.4. The Bertz CT molecular complexity index is 1030. The molecule has 6 heteroatoms. The summed E-state index contributed by atoms with van der Waals surface area (Å²) < 4.78 is 18.3. The van der Waals surface area contributed by atoms with Crippen molar-refractivity contribution >= 4 is 24.6 Å². The second kappa shape index (κ2) is 11.3. The van der Waals surface area contributed by atoms with E-state index in [-0.39, 0.29) is 23.8 Å². The zero-order valence-electron chi connectivity index (χ0n) is 20.8. The van der Waals surface area contributed by atoms with Crippen LogP contribution in [-0.4, -0.2) is 39.8 Å². The number of nitrogens with one attached hydrogen (secondary N) is 1. The second-order valence-corrected chi connectivity index (χ2v) is 14.3. The predicted octanol–water partition coefficient (Wildman–Crippen LogP) is 4.01. The minimum atomic E-state index is -2.65. The summed E-state index contributed by atoms with van der Waals surface area (Å²) >= 11 is 0. The summed E-state index contributed by atoms with van der Waals surface area (Å²) in [6, 6.07) is 30.9. The summed E-state index contributed by atoms with van der Waals surface area (Å²) in [6.45, 7) is 7.72. The van der Waals surface area contributed by atoms with Gasteiger partial charge in [0.2, 0.25) is 5.91 Å². The maximum absolute atomic E-state index is 12.6. The molecule has 1 aliphatic rings. The zero-order chi connectivity index (χ0) is 24.7. The smallest absolute Gasteiger partial charge is 0.261 e. The van der Waals surface area contributed by atoms with Crippen LogP contribution in [0.3, 0.4) is 0 Å². The van der Waals surface area contributed by atoms with Gasteiger partial charge in [-0.15, -0.1) is 0 Å². The third kappa shape index (κ3) is 5.90. The number of rotatable bonds is 10. The molecule has 1 amide bonds. The van der Waals surface area contributed by atoms with Gasteiger partial charge in [0, 0.05) is 6.42 Å². The van der Waals surface area contributed by atoms with Crippen molar-refractivity contribution in [1.29, 1.82) is 0 Å². The molecule has 0 aliphatic carbocycles. The van der Waals surface area contributed by atoms with Gasteiger partial charge in [-0.25, -0.2) is 0 Å². The lowest BCUT2D eigenvalue weighted by atomic mass is 10.2. The van der Waals surface area contributed by atoms with Gasteiger partial charge in [0.05, 0.1) is 19.3 Å². The van der Waals surface area contributed by atoms with Crippen molar-refractivity contribution in [3.63, 3.8) is 0 Å². The van der Waals surface area contributed by atoms with E-state index in [0.717, 1.165) is 5.56 Å². The van der Waals surface area contributed by atoms with E-state index in [0.29, 0.717) is 19.6 Å². The molecule has 0 unspecified atom stereocenters. The summed E-state index contributed by atoms with van der Waals surface area (Å²) in [6.07, 6.45) is 0.0321. The van der Waals surface area contributed by atoms with Gasteiger partial charge >= 0.3 is 0 Å². The van der Waals surface area contributed by atoms with Crippen LogP contribution >= 0.6 is 0 Å². The lowest BCUT2D eigenvalue weighted by Gasteiger charge is -2.43. The summed E-state index contributed by atoms with van der Waals surface area (Å²) in [5, 5.41) is 5.41. The van der Waals surface area contributed by atoms with Crippen LogP contribution < -0.4 is 15.7 Å². The van der Waals surface area contributed by atoms with Gasteiger partial charge in [0.1, 0.15) is 12.9 Å². The number of benzene rings is 3. The Labute approximate surface area is 209 Å². The third-order valence-electron chi connectivity index (χ3n) is 6.52. The largest absolute Gasteiger partial charge is 0.405 e. The Kier molecular flexibility index (Phi) is 8.18. The molecule has 0 aromatic heterocycles. The fraction of sp³-hybridized carbons (Fsp3) is 0.345. The standard InChI is InChI=1S/C29H35NO4Si/c1-29(2,3)35(25-15-9-5-10-16-25,26-17-11-6-12-18-26)34-21-24-19-27(28(31)30-24)33-22-32-20-23-13-7-4-8-14-23/h4-18,24,27H,19-22H2,1-3H3,(H,30,31)/t24-,27-/m0/s1. The number of ether oxygens (including phenoxy) is 2. The normalized spacial score (nSPS) is 18.4. The first-order valence-electron chi connectivity index (χ1n) is 12.2. The molecule has 0 radical (unpaired) electrons. The van der Waals surface area contributed by atoms with Crippen LogP contribution in [0.2, 0.25) is 5.04 Å². The monoisotopic (exact) mass is 489 g/mol. The van der Waals surface area contributed by atoms with Crippen molar-refractivity contribution in [3.8, 4) is 0 Å². The van der Waals surface area contributed by atoms with Crippen molar-refractivity contribution in [1.82, 2.24) is 5.32 Å². The fourth-order valence-corrected chi connectivity index (χ4v) is 9.43. The van der Waals surface area contributed by atoms with E-state index < -0.39 is 14.4 Å². The molecule has 2 atom stereocenters. The maximum atomic E-state index is 12.6. The number of hydrogen-bond acceptors (Lipinski definition) is 4. The van der Waals surface area contributed by atoms with Gasteiger partial charge in [0.25, 0.3) is 8.32 Å². The minimum absolute atomic E-state index is 0.0786. The Balaban J connectivity index is 1.42. The van der Waals surface area contributed by atoms with Crippen LogP contribution in [0.4, 0.5) is 0 Å². The molecule has 1 fully saturated rings. The summed E-state index contributed by atoms with van der Waals surface area (Å²) in [5.41, 5.74) is 1.07. The number of hydrogen-bond donors (Lipinski definition) is 1. The summed E-state index contributed by atoms with van der Waals surface area (Å²) in [7, 11) is -2.65. The first kappa shape index (κ1) is 25.3. The van der Waals surface area contributed by atoms with Gasteiger partial charge in [-0.1, -0.05) is 112 Å². The van der Waals surface area contributed by atoms with E-state index in [1.807, 2.05) is 42.5 Å². The van der Waals surface area contributed by atoms with Gasteiger partial charge < -0.3 is 19.2 Å². The minimum Gasteiger partial charge on any atom is -0.405 e. The quantitative estimate of drug-likeness (QED) is 0.266. The van der Waals surface area contributed by atoms with E-state index in [4.69, 9.17) is 13.9 Å². The lowest BCUT2D eigenvalue weighted by molar-refractivity contribution is -0.140. The predicted molar refractivity (Wildman–Crippen MR) is 141 cm³/mol.